The lowest BCUT2D eigenvalue weighted by Crippen LogP contribution is -2.50. The van der Waals surface area contributed by atoms with Gasteiger partial charge in [0.25, 0.3) is 5.88 Å². The van der Waals surface area contributed by atoms with Gasteiger partial charge in [-0.1, -0.05) is 50.2 Å². The van der Waals surface area contributed by atoms with Crippen LogP contribution in [-0.2, 0) is 21.4 Å². The summed E-state index contributed by atoms with van der Waals surface area (Å²) in [5, 5.41) is 20.4. The third-order valence-electron chi connectivity index (χ3n) is 16.4. The van der Waals surface area contributed by atoms with Crippen LogP contribution in [0.5, 0.6) is 11.8 Å². The first-order valence-electron chi connectivity index (χ1n) is 27.6. The van der Waals surface area contributed by atoms with Crippen LogP contribution >= 0.6 is 11.3 Å². The van der Waals surface area contributed by atoms with Crippen molar-refractivity contribution in [2.24, 2.45) is 13.0 Å². The quantitative estimate of drug-likeness (QED) is 0.0800. The van der Waals surface area contributed by atoms with E-state index in [-0.39, 0.29) is 48.9 Å². The number of aliphatic hydroxyl groups excluding tert-OH is 1. The standard InChI is InChI=1S/C59H72N10O7S/c1-37(2)56(59(72)69-35-44(70)29-52(69)58(71)63-38(3)40-6-8-41(9-7-40)57-39(4)62-36-77-57)53-32-55(64-76-53)73-27-26-68-24-22-67(23-25-68)21-20-66-18-15-45(16-19-66)74-46-30-47(31-46)75-54-13-11-43(33-61-54)42-10-12-48-49-34-60-17-14-50(49)65(5)51(48)28-42/h6-14,17,28,32-34,36-38,44-47,52,56,70H,15-16,18-27,29-31,35H2,1-5H3,(H,63,71)/t38-,44+,46?,47?,52-,56+/m0/s1. The van der Waals surface area contributed by atoms with Crippen molar-refractivity contribution >= 4 is 45.0 Å². The molecule has 1 saturated carbocycles. The van der Waals surface area contributed by atoms with Crippen LogP contribution in [0.15, 0.2) is 95.4 Å². The molecule has 4 atom stereocenters. The number of aliphatic hydroxyl groups is 1. The number of piperazine rings is 1. The molecule has 4 fully saturated rings. The maximum Gasteiger partial charge on any atom is 0.254 e. The molecule has 18 heteroatoms. The molecule has 7 aromatic rings. The molecule has 2 aromatic carbocycles. The first-order valence-corrected chi connectivity index (χ1v) is 28.4. The molecule has 406 valence electrons. The highest BCUT2D eigenvalue weighted by atomic mass is 32.1. The Labute approximate surface area is 454 Å². The number of hydrogen-bond donors (Lipinski definition) is 2. The van der Waals surface area contributed by atoms with Gasteiger partial charge in [-0.25, -0.2) is 9.97 Å². The molecule has 4 aliphatic rings. The summed E-state index contributed by atoms with van der Waals surface area (Å²) in [6.45, 7) is 17.3. The number of hydrogen-bond acceptors (Lipinski definition) is 15. The van der Waals surface area contributed by atoms with Crippen molar-refractivity contribution in [2.75, 3.05) is 72.1 Å². The second kappa shape index (κ2) is 23.4. The summed E-state index contributed by atoms with van der Waals surface area (Å²) in [4.78, 5) is 51.5. The van der Waals surface area contributed by atoms with Crippen molar-refractivity contribution in [2.45, 2.75) is 102 Å². The van der Waals surface area contributed by atoms with Crippen molar-refractivity contribution < 1.29 is 33.4 Å². The van der Waals surface area contributed by atoms with Gasteiger partial charge in [0, 0.05) is 144 Å². The third-order valence-corrected chi connectivity index (χ3v) is 17.4. The van der Waals surface area contributed by atoms with Gasteiger partial charge in [0.05, 0.1) is 46.0 Å². The molecule has 3 saturated heterocycles. The average Bonchev–Trinajstić information content (AvgIpc) is 4.30. The number of benzene rings is 2. The Morgan fingerprint density at radius 2 is 1.51 bits per heavy atom. The minimum atomic E-state index is -0.814. The second-order valence-corrected chi connectivity index (χ2v) is 22.8. The van der Waals surface area contributed by atoms with Crippen molar-refractivity contribution in [3.63, 3.8) is 0 Å². The van der Waals surface area contributed by atoms with Crippen molar-refractivity contribution in [3.8, 4) is 33.3 Å². The highest BCUT2D eigenvalue weighted by Gasteiger charge is 2.44. The zero-order valence-corrected chi connectivity index (χ0v) is 45.7. The number of nitrogens with one attached hydrogen (secondary N) is 1. The predicted octanol–water partition coefficient (Wildman–Crippen LogP) is 7.87. The summed E-state index contributed by atoms with van der Waals surface area (Å²) < 4.78 is 26.8. The van der Waals surface area contributed by atoms with Gasteiger partial charge in [-0.15, -0.1) is 11.3 Å². The molecule has 0 unspecified atom stereocenters. The molecule has 1 aliphatic carbocycles. The molecule has 2 amide bonds. The molecular weight excluding hydrogens is 993 g/mol. The highest BCUT2D eigenvalue weighted by molar-refractivity contribution is 7.13. The topological polar surface area (TPSA) is 177 Å². The maximum absolute atomic E-state index is 14.2. The van der Waals surface area contributed by atoms with E-state index < -0.39 is 18.1 Å². The summed E-state index contributed by atoms with van der Waals surface area (Å²) in [5.74, 6) is -0.0587. The SMILES string of the molecule is Cc1ncsc1-c1ccc([C@H](C)NC(=O)[C@@H]2C[C@@H](O)CN2C(=O)[C@@H](c2cc(OCCN3CCN(CCN4CCC(OC5CC(Oc6ccc(-c7ccc8c9cnccc9n(C)c8c7)cn6)C5)CC4)CC3)no2)C(C)C)cc1. The summed E-state index contributed by atoms with van der Waals surface area (Å²) in [6.07, 6.45) is 9.66. The number of amides is 2. The lowest BCUT2D eigenvalue weighted by atomic mass is 9.91. The number of rotatable bonds is 19. The Morgan fingerprint density at radius 3 is 2.22 bits per heavy atom. The van der Waals surface area contributed by atoms with E-state index in [4.69, 9.17) is 18.7 Å². The molecule has 77 heavy (non-hydrogen) atoms. The maximum atomic E-state index is 14.2. The molecule has 17 nitrogen and oxygen atoms in total. The van der Waals surface area contributed by atoms with E-state index in [1.807, 2.05) is 82.1 Å². The molecule has 0 bridgehead atoms. The molecular formula is C59H72N10O7S. The molecule has 5 aromatic heterocycles. The number of nitrogens with zero attached hydrogens (tertiary/aromatic N) is 9. The summed E-state index contributed by atoms with van der Waals surface area (Å²) in [7, 11) is 2.10. The van der Waals surface area contributed by atoms with E-state index in [1.165, 1.54) is 21.3 Å². The Morgan fingerprint density at radius 1 is 0.779 bits per heavy atom. The van der Waals surface area contributed by atoms with Crippen LogP contribution in [0.2, 0.25) is 0 Å². The lowest BCUT2D eigenvalue weighted by molar-refractivity contribution is -0.141. The minimum Gasteiger partial charge on any atom is -0.474 e. The summed E-state index contributed by atoms with van der Waals surface area (Å²) >= 11 is 1.60. The van der Waals surface area contributed by atoms with E-state index >= 15 is 0 Å². The number of β-amino-alcohol motifs (C(OH)–C–C–N with tert-alkyl or cyclic N) is 1. The zero-order chi connectivity index (χ0) is 53.2. The van der Waals surface area contributed by atoms with Crippen LogP contribution in [0.3, 0.4) is 0 Å². The molecule has 11 rings (SSSR count). The number of carbonyl (C=O) groups excluding carboxylic acids is 2. The van der Waals surface area contributed by atoms with Crippen LogP contribution in [0, 0.1) is 12.8 Å². The fourth-order valence-electron chi connectivity index (χ4n) is 11.7. The molecule has 3 aliphatic heterocycles. The number of aromatic nitrogens is 5. The van der Waals surface area contributed by atoms with E-state index in [0.717, 1.165) is 123 Å². The van der Waals surface area contributed by atoms with Gasteiger partial charge >= 0.3 is 0 Å². The van der Waals surface area contributed by atoms with Gasteiger partial charge in [-0.2, -0.15) is 0 Å². The largest absolute Gasteiger partial charge is 0.474 e. The summed E-state index contributed by atoms with van der Waals surface area (Å²) in [6, 6.07) is 21.3. The van der Waals surface area contributed by atoms with Crippen molar-refractivity contribution in [1.29, 1.82) is 0 Å². The number of carbonyl (C=O) groups is 2. The first-order chi connectivity index (χ1) is 37.4. The van der Waals surface area contributed by atoms with Crippen LogP contribution in [0.1, 0.15) is 81.9 Å². The lowest BCUT2D eigenvalue weighted by Gasteiger charge is -2.40. The Hall–Kier alpha value is -6.28. The zero-order valence-electron chi connectivity index (χ0n) is 44.9. The normalized spacial score (nSPS) is 21.7. The van der Waals surface area contributed by atoms with E-state index in [9.17, 15) is 14.7 Å². The van der Waals surface area contributed by atoms with Gasteiger partial charge in [-0.3, -0.25) is 24.4 Å². The second-order valence-electron chi connectivity index (χ2n) is 21.9. The number of ether oxygens (including phenoxy) is 3. The van der Waals surface area contributed by atoms with E-state index in [0.29, 0.717) is 30.2 Å². The minimum absolute atomic E-state index is 0.0670. The number of aryl methyl sites for hydroxylation is 2. The Kier molecular flexibility index (Phi) is 16.0. The number of fused-ring (bicyclic) bond motifs is 3. The first kappa shape index (κ1) is 52.8. The molecule has 0 spiro atoms. The van der Waals surface area contributed by atoms with Crippen LogP contribution < -0.4 is 14.8 Å². The Bertz CT molecular complexity index is 3120. The monoisotopic (exact) mass is 1060 g/mol. The Balaban J connectivity index is 0.559. The molecule has 2 N–H and O–H groups in total. The van der Waals surface area contributed by atoms with Gasteiger partial charge in [0.2, 0.25) is 17.7 Å². The van der Waals surface area contributed by atoms with Crippen LogP contribution in [0.4, 0.5) is 0 Å². The predicted molar refractivity (Wildman–Crippen MR) is 297 cm³/mol. The third kappa shape index (κ3) is 11.9. The van der Waals surface area contributed by atoms with Crippen molar-refractivity contribution in [3.05, 3.63) is 108 Å². The fourth-order valence-corrected chi connectivity index (χ4v) is 12.5. The van der Waals surface area contributed by atoms with E-state index in [2.05, 4.69) is 82.1 Å². The van der Waals surface area contributed by atoms with Gasteiger partial charge in [-0.05, 0) is 72.7 Å². The van der Waals surface area contributed by atoms with E-state index in [1.54, 1.807) is 17.4 Å². The van der Waals surface area contributed by atoms with Crippen molar-refractivity contribution in [1.82, 2.24) is 49.6 Å². The number of thiazole rings is 1. The van der Waals surface area contributed by atoms with Crippen LogP contribution in [0.25, 0.3) is 43.4 Å². The number of likely N-dealkylation sites (tertiary alicyclic amines) is 2. The number of piperidine rings is 1. The average molecular weight is 1070 g/mol. The fraction of sp³-hybridized carbons (Fsp3) is 0.492. The van der Waals surface area contributed by atoms with Gasteiger partial charge < -0.3 is 43.5 Å². The highest BCUT2D eigenvalue weighted by Crippen LogP contribution is 2.36. The van der Waals surface area contributed by atoms with Gasteiger partial charge in [0.15, 0.2) is 5.76 Å². The smallest absolute Gasteiger partial charge is 0.254 e. The molecule has 0 radical (unpaired) electrons. The van der Waals surface area contributed by atoms with Crippen LogP contribution in [-0.4, -0.2) is 164 Å². The summed E-state index contributed by atoms with van der Waals surface area (Å²) in [5.41, 5.74) is 9.38. The molecule has 8 heterocycles. The number of pyridine rings is 2. The van der Waals surface area contributed by atoms with Gasteiger partial charge in [0.1, 0.15) is 24.7 Å².